The molecule has 0 atom stereocenters. The lowest BCUT2D eigenvalue weighted by molar-refractivity contribution is 0.0566. The molecule has 7 heteroatoms. The van der Waals surface area contributed by atoms with Gasteiger partial charge < -0.3 is 14.2 Å². The summed E-state index contributed by atoms with van der Waals surface area (Å²) >= 11 is 0. The van der Waals surface area contributed by atoms with Crippen LogP contribution in [-0.2, 0) is 4.74 Å². The van der Waals surface area contributed by atoms with Gasteiger partial charge in [-0.25, -0.2) is 9.78 Å². The number of benzene rings is 1. The highest BCUT2D eigenvalue weighted by Gasteiger charge is 2.31. The van der Waals surface area contributed by atoms with Crippen LogP contribution < -0.4 is 20.0 Å². The Labute approximate surface area is 142 Å². The quantitative estimate of drug-likeness (QED) is 0.745. The molecule has 126 valence electrons. The highest BCUT2D eigenvalue weighted by molar-refractivity contribution is 6.37. The number of amides is 1. The van der Waals surface area contributed by atoms with E-state index < -0.39 is 11.7 Å². The first-order valence-electron chi connectivity index (χ1n) is 7.92. The van der Waals surface area contributed by atoms with E-state index in [9.17, 15) is 4.79 Å². The van der Waals surface area contributed by atoms with Crippen LogP contribution in [0.15, 0.2) is 18.2 Å². The van der Waals surface area contributed by atoms with Crippen molar-refractivity contribution < 1.29 is 19.0 Å². The number of fused-ring (bicyclic) bond motifs is 3. The number of ether oxygens (including phenoxy) is 3. The fraction of sp³-hybridized carbons (Fsp3) is 0.412. The summed E-state index contributed by atoms with van der Waals surface area (Å²) in [6.45, 7) is 6.33. The molecule has 0 N–H and O–H groups in total. The summed E-state index contributed by atoms with van der Waals surface area (Å²) in [7, 11) is 3.53. The monoisotopic (exact) mass is 328 g/mol. The van der Waals surface area contributed by atoms with E-state index in [0.29, 0.717) is 24.7 Å². The maximum Gasteiger partial charge on any atom is 0.416 e. The van der Waals surface area contributed by atoms with E-state index in [1.165, 1.54) is 4.90 Å². The normalized spacial score (nSPS) is 14.1. The zero-order valence-corrected chi connectivity index (χ0v) is 14.7. The molecule has 0 fully saturated rings. The van der Waals surface area contributed by atoms with Crippen LogP contribution in [-0.4, -0.2) is 44.8 Å². The molecule has 1 aliphatic rings. The topological polar surface area (TPSA) is 60.9 Å². The predicted molar refractivity (Wildman–Crippen MR) is 95.5 cm³/mol. The van der Waals surface area contributed by atoms with Gasteiger partial charge in [0.15, 0.2) is 19.4 Å². The second-order valence-corrected chi connectivity index (χ2v) is 6.74. The minimum atomic E-state index is -0.565. The van der Waals surface area contributed by atoms with E-state index in [1.807, 2.05) is 46.8 Å². The molecule has 1 aromatic carbocycles. The lowest BCUT2D eigenvalue weighted by Crippen LogP contribution is -2.42. The Morgan fingerprint density at radius 1 is 1.33 bits per heavy atom. The summed E-state index contributed by atoms with van der Waals surface area (Å²) in [6, 6.07) is 5.74. The molecular formula is C17H21BN2O4. The number of carbonyl (C=O) groups excluding carboxylic acids is 1. The SMILES string of the molecule is Bc1nc2c(c3cc(OC)ccc13)OCCN2C(=O)OC(C)(C)C. The number of aromatic nitrogens is 1. The van der Waals surface area contributed by atoms with Crippen molar-refractivity contribution in [1.29, 1.82) is 0 Å². The van der Waals surface area contributed by atoms with Crippen LogP contribution in [0.5, 0.6) is 11.5 Å². The Bertz CT molecular complexity index is 801. The van der Waals surface area contributed by atoms with Gasteiger partial charge in [0, 0.05) is 11.0 Å². The average molecular weight is 328 g/mol. The zero-order valence-electron chi connectivity index (χ0n) is 14.7. The molecular weight excluding hydrogens is 307 g/mol. The van der Waals surface area contributed by atoms with E-state index in [2.05, 4.69) is 4.98 Å². The fourth-order valence-electron chi connectivity index (χ4n) is 2.71. The van der Waals surface area contributed by atoms with Gasteiger partial charge in [-0.05, 0) is 44.4 Å². The fourth-order valence-corrected chi connectivity index (χ4v) is 2.71. The molecule has 2 heterocycles. The smallest absolute Gasteiger partial charge is 0.416 e. The van der Waals surface area contributed by atoms with Crippen LogP contribution in [0.2, 0.25) is 0 Å². The number of pyridine rings is 1. The molecule has 3 rings (SSSR count). The van der Waals surface area contributed by atoms with Gasteiger partial charge in [-0.15, -0.1) is 0 Å². The van der Waals surface area contributed by atoms with Crippen molar-refractivity contribution in [2.24, 2.45) is 0 Å². The maximum atomic E-state index is 12.5. The van der Waals surface area contributed by atoms with Gasteiger partial charge >= 0.3 is 6.09 Å². The standard InChI is InChI=1S/C17H21BN2O4/c1-17(2,3)24-16(21)20-7-8-23-13-12-9-10(22-4)5-6-11(12)14(18)19-15(13)20/h5-6,9H,7-8,18H2,1-4H3. The van der Waals surface area contributed by atoms with Crippen molar-refractivity contribution in [2.75, 3.05) is 25.2 Å². The third-order valence-corrected chi connectivity index (χ3v) is 3.77. The minimum Gasteiger partial charge on any atom is -0.497 e. The first-order valence-corrected chi connectivity index (χ1v) is 7.92. The van der Waals surface area contributed by atoms with Crippen LogP contribution in [0.1, 0.15) is 20.8 Å². The summed E-state index contributed by atoms with van der Waals surface area (Å²) in [5.74, 6) is 1.81. The summed E-state index contributed by atoms with van der Waals surface area (Å²) in [5, 5.41) is 1.85. The molecule has 0 unspecified atom stereocenters. The molecule has 0 saturated heterocycles. The first kappa shape index (κ1) is 16.4. The molecule has 1 aliphatic heterocycles. The average Bonchev–Trinajstić information content (AvgIpc) is 2.52. The lowest BCUT2D eigenvalue weighted by atomic mass is 9.95. The molecule has 1 amide bonds. The Kier molecular flexibility index (Phi) is 4.03. The summed E-state index contributed by atoms with van der Waals surface area (Å²) in [6.07, 6.45) is -0.416. The molecule has 0 saturated carbocycles. The summed E-state index contributed by atoms with van der Waals surface area (Å²) in [5.41, 5.74) is 0.260. The van der Waals surface area contributed by atoms with E-state index in [0.717, 1.165) is 22.1 Å². The van der Waals surface area contributed by atoms with Crippen LogP contribution in [0, 0.1) is 0 Å². The summed E-state index contributed by atoms with van der Waals surface area (Å²) in [4.78, 5) is 18.7. The molecule has 6 nitrogen and oxygen atoms in total. The van der Waals surface area contributed by atoms with Gasteiger partial charge in [0.2, 0.25) is 0 Å². The molecule has 0 aliphatic carbocycles. The zero-order chi connectivity index (χ0) is 17.5. The molecule has 0 bridgehead atoms. The van der Waals surface area contributed by atoms with E-state index >= 15 is 0 Å². The predicted octanol–water partition coefficient (Wildman–Crippen LogP) is 1.64. The Balaban J connectivity index is 2.12. The van der Waals surface area contributed by atoms with E-state index in [-0.39, 0.29) is 0 Å². The minimum absolute atomic E-state index is 0.392. The van der Waals surface area contributed by atoms with Gasteiger partial charge in [0.25, 0.3) is 0 Å². The third-order valence-electron chi connectivity index (χ3n) is 3.77. The van der Waals surface area contributed by atoms with Crippen LogP contribution >= 0.6 is 0 Å². The highest BCUT2D eigenvalue weighted by Crippen LogP contribution is 2.37. The largest absolute Gasteiger partial charge is 0.497 e. The van der Waals surface area contributed by atoms with Gasteiger partial charge in [-0.2, -0.15) is 0 Å². The molecule has 2 aromatic rings. The number of hydrogen-bond acceptors (Lipinski definition) is 5. The van der Waals surface area contributed by atoms with E-state index in [4.69, 9.17) is 14.2 Å². The highest BCUT2D eigenvalue weighted by atomic mass is 16.6. The lowest BCUT2D eigenvalue weighted by Gasteiger charge is -2.31. The third kappa shape index (κ3) is 2.98. The Morgan fingerprint density at radius 2 is 2.08 bits per heavy atom. The van der Waals surface area contributed by atoms with Crippen LogP contribution in [0.3, 0.4) is 0 Å². The van der Waals surface area contributed by atoms with Crippen molar-refractivity contribution in [3.05, 3.63) is 18.2 Å². The van der Waals surface area contributed by atoms with Crippen molar-refractivity contribution in [1.82, 2.24) is 4.98 Å². The van der Waals surface area contributed by atoms with Crippen molar-refractivity contribution >= 4 is 36.1 Å². The summed E-state index contributed by atoms with van der Waals surface area (Å²) < 4.78 is 16.6. The number of hydrogen-bond donors (Lipinski definition) is 0. The number of rotatable bonds is 1. The van der Waals surface area contributed by atoms with Gasteiger partial charge in [-0.3, -0.25) is 4.90 Å². The molecule has 0 spiro atoms. The number of carbonyl (C=O) groups is 1. The number of nitrogens with zero attached hydrogens (tertiary/aromatic N) is 2. The molecule has 0 radical (unpaired) electrons. The van der Waals surface area contributed by atoms with Crippen LogP contribution in [0.25, 0.3) is 10.8 Å². The van der Waals surface area contributed by atoms with Crippen LogP contribution in [0.4, 0.5) is 10.6 Å². The molecule has 1 aromatic heterocycles. The molecule has 24 heavy (non-hydrogen) atoms. The van der Waals surface area contributed by atoms with Gasteiger partial charge in [-0.1, -0.05) is 0 Å². The first-order chi connectivity index (χ1) is 11.3. The van der Waals surface area contributed by atoms with Crippen molar-refractivity contribution in [2.45, 2.75) is 26.4 Å². The Morgan fingerprint density at radius 3 is 2.75 bits per heavy atom. The van der Waals surface area contributed by atoms with E-state index in [1.54, 1.807) is 7.11 Å². The van der Waals surface area contributed by atoms with Crippen molar-refractivity contribution in [3.63, 3.8) is 0 Å². The Hall–Kier alpha value is -2.44. The van der Waals surface area contributed by atoms with Gasteiger partial charge in [0.05, 0.1) is 13.7 Å². The van der Waals surface area contributed by atoms with Gasteiger partial charge in [0.1, 0.15) is 18.0 Å². The second-order valence-electron chi connectivity index (χ2n) is 6.74. The number of anilines is 1. The van der Waals surface area contributed by atoms with Crippen molar-refractivity contribution in [3.8, 4) is 11.5 Å². The maximum absolute atomic E-state index is 12.5. The number of methoxy groups -OCH3 is 1. The second kappa shape index (κ2) is 5.89.